The van der Waals surface area contributed by atoms with Crippen LogP contribution < -0.4 is 9.47 Å². The summed E-state index contributed by atoms with van der Waals surface area (Å²) in [6.45, 7) is 0.919. The zero-order valence-corrected chi connectivity index (χ0v) is 13.4. The van der Waals surface area contributed by atoms with Crippen molar-refractivity contribution in [2.75, 3.05) is 20.8 Å². The quantitative estimate of drug-likeness (QED) is 0.924. The minimum absolute atomic E-state index is 0.0244. The van der Waals surface area contributed by atoms with Crippen molar-refractivity contribution in [3.63, 3.8) is 0 Å². The summed E-state index contributed by atoms with van der Waals surface area (Å²) in [6.07, 6.45) is 1.75. The second-order valence-electron chi connectivity index (χ2n) is 5.46. The molecule has 0 bridgehead atoms. The topological polar surface area (TPSA) is 89.2 Å². The summed E-state index contributed by atoms with van der Waals surface area (Å²) in [4.78, 5) is 25.0. The number of carboxylic acids is 1. The lowest BCUT2D eigenvalue weighted by Crippen LogP contribution is -2.35. The Bertz CT molecular complexity index is 794. The number of amides is 1. The van der Waals surface area contributed by atoms with Crippen molar-refractivity contribution in [2.24, 2.45) is 0 Å². The summed E-state index contributed by atoms with van der Waals surface area (Å²) in [7, 11) is 3.14. The third-order valence-corrected chi connectivity index (χ3v) is 4.06. The summed E-state index contributed by atoms with van der Waals surface area (Å²) in [5.74, 6) is -0.164. The first-order chi connectivity index (χ1) is 11.5. The van der Waals surface area contributed by atoms with Crippen LogP contribution in [0.2, 0.25) is 0 Å². The normalized spacial score (nSPS) is 13.3. The molecule has 1 N–H and O–H groups in total. The fourth-order valence-corrected chi connectivity index (χ4v) is 2.77. The van der Waals surface area contributed by atoms with E-state index in [0.29, 0.717) is 31.0 Å². The smallest absolute Gasteiger partial charge is 0.338 e. The number of nitrogens with zero attached hydrogens (tertiary/aromatic N) is 1. The zero-order chi connectivity index (χ0) is 17.3. The van der Waals surface area contributed by atoms with Crippen LogP contribution in [0.25, 0.3) is 0 Å². The summed E-state index contributed by atoms with van der Waals surface area (Å²) in [6, 6.07) is 5.03. The number of fused-ring (bicyclic) bond motifs is 1. The lowest BCUT2D eigenvalue weighted by molar-refractivity contribution is 0.0690. The van der Waals surface area contributed by atoms with Gasteiger partial charge in [-0.3, -0.25) is 4.79 Å². The Morgan fingerprint density at radius 2 is 1.79 bits per heavy atom. The minimum Gasteiger partial charge on any atom is -0.493 e. The molecule has 3 rings (SSSR count). The number of rotatable bonds is 4. The average Bonchev–Trinajstić information content (AvgIpc) is 3.09. The third-order valence-electron chi connectivity index (χ3n) is 4.06. The molecule has 7 nitrogen and oxygen atoms in total. The molecule has 1 aromatic carbocycles. The second kappa shape index (κ2) is 6.27. The van der Waals surface area contributed by atoms with Gasteiger partial charge < -0.3 is 23.9 Å². The van der Waals surface area contributed by atoms with Crippen molar-refractivity contribution in [3.8, 4) is 11.5 Å². The van der Waals surface area contributed by atoms with Gasteiger partial charge in [0.25, 0.3) is 5.91 Å². The number of carboxylic acid groups (broad SMARTS) is 1. The van der Waals surface area contributed by atoms with Crippen LogP contribution in [0, 0.1) is 0 Å². The van der Waals surface area contributed by atoms with Crippen LogP contribution in [0.15, 0.2) is 28.9 Å². The van der Waals surface area contributed by atoms with Gasteiger partial charge in [0.2, 0.25) is 0 Å². The molecule has 1 amide bonds. The molecule has 2 heterocycles. The summed E-state index contributed by atoms with van der Waals surface area (Å²) in [5.41, 5.74) is 2.03. The molecule has 126 valence electrons. The Morgan fingerprint density at radius 1 is 1.12 bits per heavy atom. The molecule has 1 aliphatic heterocycles. The molecule has 24 heavy (non-hydrogen) atoms. The number of hydrogen-bond donors (Lipinski definition) is 1. The van der Waals surface area contributed by atoms with Crippen molar-refractivity contribution in [1.29, 1.82) is 0 Å². The Hall–Kier alpha value is -2.96. The molecule has 7 heteroatoms. The molecule has 0 saturated heterocycles. The Morgan fingerprint density at radius 3 is 2.38 bits per heavy atom. The zero-order valence-electron chi connectivity index (χ0n) is 13.4. The lowest BCUT2D eigenvalue weighted by Gasteiger charge is -2.29. The van der Waals surface area contributed by atoms with Gasteiger partial charge >= 0.3 is 5.97 Å². The van der Waals surface area contributed by atoms with E-state index in [1.54, 1.807) is 19.1 Å². The Kier molecular flexibility index (Phi) is 4.16. The van der Waals surface area contributed by atoms with E-state index in [0.717, 1.165) is 17.4 Å². The minimum atomic E-state index is -1.13. The van der Waals surface area contributed by atoms with E-state index in [2.05, 4.69) is 0 Å². The molecule has 0 saturated carbocycles. The Balaban J connectivity index is 1.83. The highest BCUT2D eigenvalue weighted by molar-refractivity contribution is 5.95. The number of carbonyl (C=O) groups is 2. The van der Waals surface area contributed by atoms with Crippen molar-refractivity contribution in [3.05, 3.63) is 46.9 Å². The Labute approximate surface area is 138 Å². The standard InChI is InChI=1S/C17H17NO6/c1-22-13-5-10-3-4-18(8-11(10)6-14(13)23-2)16(19)15-7-12(9-24-15)17(20)21/h5-7,9H,3-4,8H2,1-2H3,(H,20,21). The number of aromatic carboxylic acids is 1. The molecule has 1 aliphatic rings. The van der Waals surface area contributed by atoms with E-state index in [4.69, 9.17) is 19.0 Å². The van der Waals surface area contributed by atoms with Gasteiger partial charge in [-0.05, 0) is 29.7 Å². The number of carbonyl (C=O) groups excluding carboxylic acids is 1. The molecule has 0 spiro atoms. The highest BCUT2D eigenvalue weighted by atomic mass is 16.5. The maximum Gasteiger partial charge on any atom is 0.338 e. The summed E-state index contributed by atoms with van der Waals surface area (Å²) in [5, 5.41) is 8.92. The molecule has 0 unspecified atom stereocenters. The number of hydrogen-bond acceptors (Lipinski definition) is 5. The van der Waals surface area contributed by atoms with Crippen LogP contribution in [0.1, 0.15) is 32.0 Å². The molecule has 0 fully saturated rings. The van der Waals surface area contributed by atoms with E-state index < -0.39 is 5.97 Å². The van der Waals surface area contributed by atoms with Crippen LogP contribution in [0.3, 0.4) is 0 Å². The van der Waals surface area contributed by atoms with E-state index >= 15 is 0 Å². The molecular weight excluding hydrogens is 314 g/mol. The van der Waals surface area contributed by atoms with Gasteiger partial charge in [0.15, 0.2) is 17.3 Å². The van der Waals surface area contributed by atoms with Crippen LogP contribution in [-0.4, -0.2) is 42.6 Å². The first-order valence-corrected chi connectivity index (χ1v) is 7.38. The molecular formula is C17H17NO6. The van der Waals surface area contributed by atoms with Crippen molar-refractivity contribution in [1.82, 2.24) is 4.90 Å². The van der Waals surface area contributed by atoms with E-state index in [-0.39, 0.29) is 17.2 Å². The summed E-state index contributed by atoms with van der Waals surface area (Å²) < 4.78 is 15.7. The van der Waals surface area contributed by atoms with Crippen LogP contribution in [0.5, 0.6) is 11.5 Å². The largest absolute Gasteiger partial charge is 0.493 e. The van der Waals surface area contributed by atoms with Gasteiger partial charge in [-0.2, -0.15) is 0 Å². The number of ether oxygens (including phenoxy) is 2. The highest BCUT2D eigenvalue weighted by Gasteiger charge is 2.26. The van der Waals surface area contributed by atoms with Crippen LogP contribution >= 0.6 is 0 Å². The van der Waals surface area contributed by atoms with Gasteiger partial charge in [-0.1, -0.05) is 0 Å². The predicted molar refractivity (Wildman–Crippen MR) is 83.7 cm³/mol. The predicted octanol–water partition coefficient (Wildman–Crippen LogP) is 2.19. The van der Waals surface area contributed by atoms with Gasteiger partial charge in [0.05, 0.1) is 19.8 Å². The summed E-state index contributed by atoms with van der Waals surface area (Å²) >= 11 is 0. The number of benzene rings is 1. The van der Waals surface area contributed by atoms with Gasteiger partial charge in [-0.25, -0.2) is 4.79 Å². The highest BCUT2D eigenvalue weighted by Crippen LogP contribution is 2.33. The maximum absolute atomic E-state index is 12.5. The first kappa shape index (κ1) is 15.9. The SMILES string of the molecule is COc1cc2c(cc1OC)CN(C(=O)c1cc(C(=O)O)co1)CC2. The van der Waals surface area contributed by atoms with E-state index in [9.17, 15) is 9.59 Å². The first-order valence-electron chi connectivity index (χ1n) is 7.38. The van der Waals surface area contributed by atoms with Crippen molar-refractivity contribution >= 4 is 11.9 Å². The fourth-order valence-electron chi connectivity index (χ4n) is 2.77. The maximum atomic E-state index is 12.5. The third kappa shape index (κ3) is 2.80. The van der Waals surface area contributed by atoms with Gasteiger partial charge in [0, 0.05) is 19.2 Å². The van der Waals surface area contributed by atoms with E-state index in [1.807, 2.05) is 12.1 Å². The average molecular weight is 331 g/mol. The van der Waals surface area contributed by atoms with Crippen molar-refractivity contribution < 1.29 is 28.6 Å². The van der Waals surface area contributed by atoms with Gasteiger partial charge in [0.1, 0.15) is 6.26 Å². The fraction of sp³-hybridized carbons (Fsp3) is 0.294. The molecule has 0 atom stereocenters. The number of methoxy groups -OCH3 is 2. The van der Waals surface area contributed by atoms with Gasteiger partial charge in [-0.15, -0.1) is 0 Å². The monoisotopic (exact) mass is 331 g/mol. The molecule has 1 aromatic heterocycles. The van der Waals surface area contributed by atoms with E-state index in [1.165, 1.54) is 6.07 Å². The lowest BCUT2D eigenvalue weighted by atomic mass is 9.98. The molecule has 2 aromatic rings. The van der Waals surface area contributed by atoms with Crippen molar-refractivity contribution in [2.45, 2.75) is 13.0 Å². The second-order valence-corrected chi connectivity index (χ2v) is 5.46. The molecule has 0 aliphatic carbocycles. The molecule has 0 radical (unpaired) electrons. The van der Waals surface area contributed by atoms with Crippen LogP contribution in [0.4, 0.5) is 0 Å². The van der Waals surface area contributed by atoms with Crippen LogP contribution in [-0.2, 0) is 13.0 Å². The number of furan rings is 1.